The number of urea groups is 1. The SMILES string of the molecule is NC(=O)C(O)CN1CCCNC1=O. The van der Waals surface area contributed by atoms with E-state index in [4.69, 9.17) is 10.8 Å². The summed E-state index contributed by atoms with van der Waals surface area (Å²) in [6, 6.07) is -0.258. The largest absolute Gasteiger partial charge is 0.381 e. The molecule has 74 valence electrons. The summed E-state index contributed by atoms with van der Waals surface area (Å²) in [5, 5.41) is 11.7. The molecular weight excluding hydrogens is 174 g/mol. The van der Waals surface area contributed by atoms with Gasteiger partial charge in [0.15, 0.2) is 0 Å². The van der Waals surface area contributed by atoms with Crippen LogP contribution in [0.25, 0.3) is 0 Å². The molecule has 1 heterocycles. The molecule has 1 fully saturated rings. The van der Waals surface area contributed by atoms with Crippen molar-refractivity contribution in [3.8, 4) is 0 Å². The number of rotatable bonds is 3. The molecule has 0 aromatic rings. The van der Waals surface area contributed by atoms with E-state index in [-0.39, 0.29) is 12.6 Å². The van der Waals surface area contributed by atoms with Crippen LogP contribution in [0.5, 0.6) is 0 Å². The van der Waals surface area contributed by atoms with Crippen LogP contribution in [0.2, 0.25) is 0 Å². The van der Waals surface area contributed by atoms with Crippen molar-refractivity contribution >= 4 is 11.9 Å². The van der Waals surface area contributed by atoms with E-state index >= 15 is 0 Å². The number of nitrogens with one attached hydrogen (secondary N) is 1. The zero-order valence-corrected chi connectivity index (χ0v) is 7.19. The van der Waals surface area contributed by atoms with Crippen molar-refractivity contribution in [1.29, 1.82) is 0 Å². The van der Waals surface area contributed by atoms with Gasteiger partial charge >= 0.3 is 6.03 Å². The third kappa shape index (κ3) is 2.59. The molecule has 1 rings (SSSR count). The number of amides is 3. The summed E-state index contributed by atoms with van der Waals surface area (Å²) < 4.78 is 0. The van der Waals surface area contributed by atoms with Gasteiger partial charge in [0.05, 0.1) is 6.54 Å². The van der Waals surface area contributed by atoms with Crippen LogP contribution in [0.1, 0.15) is 6.42 Å². The fourth-order valence-electron chi connectivity index (χ4n) is 1.15. The van der Waals surface area contributed by atoms with Crippen molar-refractivity contribution in [3.63, 3.8) is 0 Å². The highest BCUT2D eigenvalue weighted by atomic mass is 16.3. The monoisotopic (exact) mass is 187 g/mol. The van der Waals surface area contributed by atoms with E-state index in [1.807, 2.05) is 0 Å². The highest BCUT2D eigenvalue weighted by molar-refractivity contribution is 5.80. The summed E-state index contributed by atoms with van der Waals surface area (Å²) in [4.78, 5) is 23.0. The maximum absolute atomic E-state index is 11.1. The van der Waals surface area contributed by atoms with E-state index in [2.05, 4.69) is 5.32 Å². The van der Waals surface area contributed by atoms with Gasteiger partial charge in [0.1, 0.15) is 6.10 Å². The Morgan fingerprint density at radius 1 is 1.77 bits per heavy atom. The van der Waals surface area contributed by atoms with Crippen LogP contribution >= 0.6 is 0 Å². The Kier molecular flexibility index (Phi) is 3.07. The number of nitrogens with zero attached hydrogens (tertiary/aromatic N) is 1. The van der Waals surface area contributed by atoms with Gasteiger partial charge in [0, 0.05) is 13.1 Å². The van der Waals surface area contributed by atoms with Gasteiger partial charge in [0.2, 0.25) is 5.91 Å². The van der Waals surface area contributed by atoms with Crippen molar-refractivity contribution < 1.29 is 14.7 Å². The van der Waals surface area contributed by atoms with Crippen molar-refractivity contribution in [2.75, 3.05) is 19.6 Å². The Morgan fingerprint density at radius 3 is 3.00 bits per heavy atom. The first-order chi connectivity index (χ1) is 6.11. The summed E-state index contributed by atoms with van der Waals surface area (Å²) in [6.45, 7) is 1.17. The zero-order valence-electron chi connectivity index (χ0n) is 7.19. The molecule has 6 nitrogen and oxygen atoms in total. The highest BCUT2D eigenvalue weighted by Gasteiger charge is 2.22. The van der Waals surface area contributed by atoms with Gasteiger partial charge < -0.3 is 21.1 Å². The van der Waals surface area contributed by atoms with Gasteiger partial charge in [-0.25, -0.2) is 4.79 Å². The van der Waals surface area contributed by atoms with Crippen LogP contribution in [0, 0.1) is 0 Å². The average molecular weight is 187 g/mol. The smallest absolute Gasteiger partial charge is 0.317 e. The zero-order chi connectivity index (χ0) is 9.84. The van der Waals surface area contributed by atoms with E-state index in [0.29, 0.717) is 13.1 Å². The predicted molar refractivity (Wildman–Crippen MR) is 44.8 cm³/mol. The van der Waals surface area contributed by atoms with Crippen LogP contribution in [-0.2, 0) is 4.79 Å². The van der Waals surface area contributed by atoms with Crippen LogP contribution in [0.4, 0.5) is 4.79 Å². The Bertz CT molecular complexity index is 219. The molecule has 6 heteroatoms. The minimum Gasteiger partial charge on any atom is -0.381 e. The van der Waals surface area contributed by atoms with Crippen LogP contribution in [0.15, 0.2) is 0 Å². The maximum Gasteiger partial charge on any atom is 0.317 e. The molecule has 1 saturated heterocycles. The predicted octanol–water partition coefficient (Wildman–Crippen LogP) is -1.75. The van der Waals surface area contributed by atoms with Crippen molar-refractivity contribution in [2.45, 2.75) is 12.5 Å². The molecule has 1 aliphatic rings. The molecule has 3 amide bonds. The Hall–Kier alpha value is -1.30. The summed E-state index contributed by atoms with van der Waals surface area (Å²) in [5.74, 6) is -0.807. The molecule has 1 atom stereocenters. The quantitative estimate of drug-likeness (QED) is 0.488. The van der Waals surface area contributed by atoms with E-state index in [0.717, 1.165) is 6.42 Å². The first-order valence-electron chi connectivity index (χ1n) is 4.11. The van der Waals surface area contributed by atoms with Gasteiger partial charge in [0.25, 0.3) is 0 Å². The second kappa shape index (κ2) is 4.08. The standard InChI is InChI=1S/C7H13N3O3/c8-6(12)5(11)4-10-3-1-2-9-7(10)13/h5,11H,1-4H2,(H2,8,12)(H,9,13). The molecule has 1 aliphatic heterocycles. The third-order valence-corrected chi connectivity index (χ3v) is 1.89. The van der Waals surface area contributed by atoms with Crippen molar-refractivity contribution in [3.05, 3.63) is 0 Å². The van der Waals surface area contributed by atoms with Gasteiger partial charge in [-0.3, -0.25) is 4.79 Å². The molecule has 0 aromatic heterocycles. The fraction of sp³-hybridized carbons (Fsp3) is 0.714. The van der Waals surface area contributed by atoms with Crippen LogP contribution in [-0.4, -0.2) is 47.7 Å². The lowest BCUT2D eigenvalue weighted by Crippen LogP contribution is -2.51. The number of β-amino-alcohol motifs (C(OH)–C–C–N with tert-alkyl or cyclic N) is 1. The lowest BCUT2D eigenvalue weighted by molar-refractivity contribution is -0.126. The lowest BCUT2D eigenvalue weighted by Gasteiger charge is -2.28. The first-order valence-corrected chi connectivity index (χ1v) is 4.11. The fourth-order valence-corrected chi connectivity index (χ4v) is 1.15. The lowest BCUT2D eigenvalue weighted by atomic mass is 10.2. The van der Waals surface area contributed by atoms with Gasteiger partial charge in [-0.15, -0.1) is 0 Å². The Morgan fingerprint density at radius 2 is 2.46 bits per heavy atom. The number of carbonyl (C=O) groups excluding carboxylic acids is 2. The second-order valence-electron chi connectivity index (χ2n) is 2.95. The van der Waals surface area contributed by atoms with Gasteiger partial charge in [-0.2, -0.15) is 0 Å². The van der Waals surface area contributed by atoms with Crippen molar-refractivity contribution in [2.24, 2.45) is 5.73 Å². The highest BCUT2D eigenvalue weighted by Crippen LogP contribution is 2.00. The summed E-state index contributed by atoms with van der Waals surface area (Å²) >= 11 is 0. The van der Waals surface area contributed by atoms with Gasteiger partial charge in [-0.05, 0) is 6.42 Å². The molecule has 0 radical (unpaired) electrons. The molecular formula is C7H13N3O3. The number of hydrogen-bond donors (Lipinski definition) is 3. The Labute approximate surface area is 75.7 Å². The number of aliphatic hydroxyl groups excluding tert-OH is 1. The first kappa shape index (κ1) is 9.79. The van der Waals surface area contributed by atoms with E-state index in [9.17, 15) is 9.59 Å². The van der Waals surface area contributed by atoms with Crippen LogP contribution < -0.4 is 11.1 Å². The minimum atomic E-state index is -1.27. The summed E-state index contributed by atoms with van der Waals surface area (Å²) in [5.41, 5.74) is 4.85. The molecule has 0 spiro atoms. The normalized spacial score (nSPS) is 19.5. The number of hydrogen-bond acceptors (Lipinski definition) is 3. The minimum absolute atomic E-state index is 0.0266. The number of primary amides is 1. The molecule has 4 N–H and O–H groups in total. The molecule has 0 saturated carbocycles. The number of carbonyl (C=O) groups is 2. The number of nitrogens with two attached hydrogens (primary N) is 1. The Balaban J connectivity index is 2.42. The molecule has 0 aromatic carbocycles. The number of aliphatic hydroxyl groups is 1. The van der Waals surface area contributed by atoms with Crippen molar-refractivity contribution in [1.82, 2.24) is 10.2 Å². The topological polar surface area (TPSA) is 95.7 Å². The van der Waals surface area contributed by atoms with E-state index in [1.165, 1.54) is 4.90 Å². The van der Waals surface area contributed by atoms with E-state index in [1.54, 1.807) is 0 Å². The van der Waals surface area contributed by atoms with E-state index < -0.39 is 12.0 Å². The summed E-state index contributed by atoms with van der Waals surface area (Å²) in [6.07, 6.45) is -0.458. The third-order valence-electron chi connectivity index (χ3n) is 1.89. The second-order valence-corrected chi connectivity index (χ2v) is 2.95. The van der Waals surface area contributed by atoms with Crippen LogP contribution in [0.3, 0.4) is 0 Å². The van der Waals surface area contributed by atoms with Gasteiger partial charge in [-0.1, -0.05) is 0 Å². The maximum atomic E-state index is 11.1. The molecule has 0 bridgehead atoms. The molecule has 1 unspecified atom stereocenters. The molecule has 13 heavy (non-hydrogen) atoms. The average Bonchev–Trinajstić information content (AvgIpc) is 2.08. The molecule has 0 aliphatic carbocycles. The summed E-state index contributed by atoms with van der Waals surface area (Å²) in [7, 11) is 0.